The zero-order chi connectivity index (χ0) is 11.9. The molecule has 2 heterocycles. The van der Waals surface area contributed by atoms with E-state index in [1.807, 2.05) is 6.07 Å². The van der Waals surface area contributed by atoms with E-state index in [-0.39, 0.29) is 0 Å². The number of hydrogen-bond acceptors (Lipinski definition) is 4. The minimum Gasteiger partial charge on any atom is -0.364 e. The molecule has 0 amide bonds. The number of likely N-dealkylation sites (tertiary alicyclic amines) is 1. The number of hydrogen-bond donors (Lipinski definition) is 1. The summed E-state index contributed by atoms with van der Waals surface area (Å²) in [5.74, 6) is 0. The summed E-state index contributed by atoms with van der Waals surface area (Å²) in [4.78, 5) is 2.58. The zero-order valence-corrected chi connectivity index (χ0v) is 10.7. The highest BCUT2D eigenvalue weighted by Crippen LogP contribution is 2.11. The third-order valence-electron chi connectivity index (χ3n) is 3.42. The highest BCUT2D eigenvalue weighted by atomic mass is 16.5. The van der Waals surface area contributed by atoms with E-state index in [1.54, 1.807) is 6.26 Å². The van der Waals surface area contributed by atoms with E-state index < -0.39 is 0 Å². The van der Waals surface area contributed by atoms with Crippen molar-refractivity contribution in [3.05, 3.63) is 18.0 Å². The van der Waals surface area contributed by atoms with Gasteiger partial charge < -0.3 is 14.7 Å². The van der Waals surface area contributed by atoms with Crippen LogP contribution in [0.1, 0.15) is 38.3 Å². The molecule has 1 N–H and O–H groups in total. The van der Waals surface area contributed by atoms with E-state index >= 15 is 0 Å². The van der Waals surface area contributed by atoms with E-state index in [0.29, 0.717) is 6.04 Å². The van der Waals surface area contributed by atoms with Crippen LogP contribution in [0.4, 0.5) is 0 Å². The Labute approximate surface area is 103 Å². The van der Waals surface area contributed by atoms with Crippen LogP contribution < -0.4 is 5.32 Å². The minimum atomic E-state index is 0.633. The van der Waals surface area contributed by atoms with E-state index in [4.69, 9.17) is 4.52 Å². The quantitative estimate of drug-likeness (QED) is 0.850. The van der Waals surface area contributed by atoms with Crippen molar-refractivity contribution in [1.82, 2.24) is 15.4 Å². The first-order chi connectivity index (χ1) is 8.38. The van der Waals surface area contributed by atoms with Crippen molar-refractivity contribution >= 4 is 0 Å². The average molecular weight is 237 g/mol. The molecule has 1 unspecified atom stereocenters. The van der Waals surface area contributed by atoms with Crippen molar-refractivity contribution in [3.63, 3.8) is 0 Å². The lowest BCUT2D eigenvalue weighted by atomic mass is 10.1. The van der Waals surface area contributed by atoms with Crippen LogP contribution in [0.25, 0.3) is 0 Å². The molecule has 1 fully saturated rings. The predicted molar refractivity (Wildman–Crippen MR) is 67.7 cm³/mol. The zero-order valence-electron chi connectivity index (χ0n) is 10.7. The molecule has 2 rings (SSSR count). The third-order valence-corrected chi connectivity index (χ3v) is 3.42. The van der Waals surface area contributed by atoms with Crippen LogP contribution in [-0.2, 0) is 6.54 Å². The van der Waals surface area contributed by atoms with Gasteiger partial charge in [-0.2, -0.15) is 0 Å². The fraction of sp³-hybridized carbons (Fsp3) is 0.769. The molecule has 96 valence electrons. The maximum atomic E-state index is 4.83. The summed E-state index contributed by atoms with van der Waals surface area (Å²) in [6.07, 6.45) is 6.72. The Morgan fingerprint density at radius 2 is 2.41 bits per heavy atom. The second-order valence-electron chi connectivity index (χ2n) is 4.84. The second-order valence-corrected chi connectivity index (χ2v) is 4.84. The standard InChI is InChI=1S/C13H23N3O/c1-2-7-16-8-3-4-12(5-9-16)14-11-13-6-10-17-15-13/h6,10,12,14H,2-5,7-9,11H2,1H3. The lowest BCUT2D eigenvalue weighted by molar-refractivity contribution is 0.282. The van der Waals surface area contributed by atoms with Crippen molar-refractivity contribution in [3.8, 4) is 0 Å². The maximum absolute atomic E-state index is 4.83. The van der Waals surface area contributed by atoms with Crippen LogP contribution in [0, 0.1) is 0 Å². The molecule has 1 aromatic rings. The van der Waals surface area contributed by atoms with Crippen LogP contribution in [0.3, 0.4) is 0 Å². The third kappa shape index (κ3) is 4.13. The Balaban J connectivity index is 1.71. The lowest BCUT2D eigenvalue weighted by Gasteiger charge is -2.19. The molecule has 4 heteroatoms. The van der Waals surface area contributed by atoms with Gasteiger partial charge in [0.2, 0.25) is 0 Å². The van der Waals surface area contributed by atoms with E-state index in [9.17, 15) is 0 Å². The van der Waals surface area contributed by atoms with Crippen molar-refractivity contribution in [2.24, 2.45) is 0 Å². The molecule has 1 atom stereocenters. The van der Waals surface area contributed by atoms with E-state index in [1.165, 1.54) is 45.3 Å². The van der Waals surface area contributed by atoms with Crippen molar-refractivity contribution in [1.29, 1.82) is 0 Å². The lowest BCUT2D eigenvalue weighted by Crippen LogP contribution is -2.31. The Morgan fingerprint density at radius 1 is 1.47 bits per heavy atom. The largest absolute Gasteiger partial charge is 0.364 e. The van der Waals surface area contributed by atoms with Crippen molar-refractivity contribution in [2.75, 3.05) is 19.6 Å². The Bertz CT molecular complexity index is 300. The fourth-order valence-electron chi connectivity index (χ4n) is 2.48. The van der Waals surface area contributed by atoms with Gasteiger partial charge in [-0.3, -0.25) is 0 Å². The summed E-state index contributed by atoms with van der Waals surface area (Å²) in [5.41, 5.74) is 1.000. The molecule has 1 aromatic heterocycles. The summed E-state index contributed by atoms with van der Waals surface area (Å²) < 4.78 is 4.83. The molecule has 0 bridgehead atoms. The topological polar surface area (TPSA) is 41.3 Å². The van der Waals surface area contributed by atoms with Crippen LogP contribution in [0.15, 0.2) is 16.9 Å². The predicted octanol–water partition coefficient (Wildman–Crippen LogP) is 2.03. The number of rotatable bonds is 5. The average Bonchev–Trinajstić information content (AvgIpc) is 2.75. The molecule has 17 heavy (non-hydrogen) atoms. The van der Waals surface area contributed by atoms with E-state index in [0.717, 1.165) is 12.2 Å². The molecule has 0 aromatic carbocycles. The van der Waals surface area contributed by atoms with E-state index in [2.05, 4.69) is 22.3 Å². The first-order valence-electron chi connectivity index (χ1n) is 6.73. The van der Waals surface area contributed by atoms with Gasteiger partial charge in [-0.15, -0.1) is 0 Å². The molecular weight excluding hydrogens is 214 g/mol. The summed E-state index contributed by atoms with van der Waals surface area (Å²) >= 11 is 0. The van der Waals surface area contributed by atoms with Gasteiger partial charge in [-0.1, -0.05) is 12.1 Å². The Kier molecular flexibility index (Phi) is 5.01. The van der Waals surface area contributed by atoms with Gasteiger partial charge in [0.05, 0.1) is 5.69 Å². The van der Waals surface area contributed by atoms with Crippen molar-refractivity contribution < 1.29 is 4.52 Å². The number of nitrogens with one attached hydrogen (secondary N) is 1. The van der Waals surface area contributed by atoms with Crippen LogP contribution >= 0.6 is 0 Å². The Morgan fingerprint density at radius 3 is 3.18 bits per heavy atom. The fourth-order valence-corrected chi connectivity index (χ4v) is 2.48. The highest BCUT2D eigenvalue weighted by Gasteiger charge is 2.16. The SMILES string of the molecule is CCCN1CCCC(NCc2ccon2)CC1. The summed E-state index contributed by atoms with van der Waals surface area (Å²) in [6, 6.07) is 2.56. The van der Waals surface area contributed by atoms with Crippen LogP contribution in [0.5, 0.6) is 0 Å². The molecule has 0 radical (unpaired) electrons. The molecular formula is C13H23N3O. The first kappa shape index (κ1) is 12.6. The molecule has 1 aliphatic rings. The van der Waals surface area contributed by atoms with Gasteiger partial charge in [0.1, 0.15) is 6.26 Å². The number of nitrogens with zero attached hydrogens (tertiary/aromatic N) is 2. The molecule has 4 nitrogen and oxygen atoms in total. The maximum Gasteiger partial charge on any atom is 0.124 e. The smallest absolute Gasteiger partial charge is 0.124 e. The van der Waals surface area contributed by atoms with Crippen molar-refractivity contribution in [2.45, 2.75) is 45.2 Å². The molecule has 0 spiro atoms. The van der Waals surface area contributed by atoms with Gasteiger partial charge in [0.25, 0.3) is 0 Å². The monoisotopic (exact) mass is 237 g/mol. The van der Waals surface area contributed by atoms with Gasteiger partial charge in [-0.05, 0) is 45.3 Å². The van der Waals surface area contributed by atoms with Crippen LogP contribution in [-0.4, -0.2) is 35.7 Å². The molecule has 1 aliphatic heterocycles. The summed E-state index contributed by atoms with van der Waals surface area (Å²) in [6.45, 7) is 6.82. The molecule has 1 saturated heterocycles. The second kappa shape index (κ2) is 6.77. The van der Waals surface area contributed by atoms with Gasteiger partial charge in [-0.25, -0.2) is 0 Å². The summed E-state index contributed by atoms with van der Waals surface area (Å²) in [7, 11) is 0. The normalized spacial score (nSPS) is 22.5. The minimum absolute atomic E-state index is 0.633. The Hall–Kier alpha value is -0.870. The van der Waals surface area contributed by atoms with Gasteiger partial charge in [0, 0.05) is 18.7 Å². The van der Waals surface area contributed by atoms with Gasteiger partial charge in [0.15, 0.2) is 0 Å². The summed E-state index contributed by atoms with van der Waals surface area (Å²) in [5, 5.41) is 7.50. The first-order valence-corrected chi connectivity index (χ1v) is 6.73. The molecule has 0 aliphatic carbocycles. The van der Waals surface area contributed by atoms with Crippen LogP contribution in [0.2, 0.25) is 0 Å². The number of aromatic nitrogens is 1. The highest BCUT2D eigenvalue weighted by molar-refractivity contribution is 4.95. The van der Waals surface area contributed by atoms with Gasteiger partial charge >= 0.3 is 0 Å². The molecule has 0 saturated carbocycles.